The van der Waals surface area contributed by atoms with E-state index in [2.05, 4.69) is 41.0 Å². The van der Waals surface area contributed by atoms with Gasteiger partial charge in [-0.1, -0.05) is 0 Å². The minimum absolute atomic E-state index is 0.848. The van der Waals surface area contributed by atoms with Crippen LogP contribution in [-0.2, 0) is 6.54 Å². The number of nitrogens with zero attached hydrogens (tertiary/aromatic N) is 3. The average molecular weight is 296 g/mol. The molecule has 0 saturated carbocycles. The fourth-order valence-electron chi connectivity index (χ4n) is 2.68. The van der Waals surface area contributed by atoms with E-state index in [9.17, 15) is 0 Å². The molecule has 0 radical (unpaired) electrons. The molecule has 1 N–H and O–H groups in total. The SMILES string of the molecule is CCN(CC)c1ncc(CNCC2CCN(C)CC2)s1. The van der Waals surface area contributed by atoms with Gasteiger partial charge in [-0.05, 0) is 59.3 Å². The highest BCUT2D eigenvalue weighted by Gasteiger charge is 2.16. The monoisotopic (exact) mass is 296 g/mol. The van der Waals surface area contributed by atoms with E-state index in [1.807, 2.05) is 17.5 Å². The predicted molar refractivity (Wildman–Crippen MR) is 87.6 cm³/mol. The van der Waals surface area contributed by atoms with Gasteiger partial charge in [-0.2, -0.15) is 0 Å². The largest absolute Gasteiger partial charge is 0.349 e. The molecular weight excluding hydrogens is 268 g/mol. The van der Waals surface area contributed by atoms with Crippen LogP contribution < -0.4 is 10.2 Å². The van der Waals surface area contributed by atoms with Gasteiger partial charge < -0.3 is 15.1 Å². The molecule has 2 heterocycles. The highest BCUT2D eigenvalue weighted by atomic mass is 32.1. The van der Waals surface area contributed by atoms with Crippen molar-refractivity contribution in [3.63, 3.8) is 0 Å². The first-order valence-electron chi connectivity index (χ1n) is 7.81. The molecule has 2 rings (SSSR count). The second kappa shape index (κ2) is 7.96. The number of aromatic nitrogens is 1. The van der Waals surface area contributed by atoms with Gasteiger partial charge in [0.05, 0.1) is 0 Å². The summed E-state index contributed by atoms with van der Waals surface area (Å²) in [7, 11) is 2.22. The van der Waals surface area contributed by atoms with Crippen molar-refractivity contribution in [2.24, 2.45) is 5.92 Å². The molecule has 20 heavy (non-hydrogen) atoms. The maximum absolute atomic E-state index is 4.53. The predicted octanol–water partition coefficient (Wildman–Crippen LogP) is 2.42. The average Bonchev–Trinajstić information content (AvgIpc) is 2.91. The Bertz CT molecular complexity index is 381. The molecule has 1 aromatic heterocycles. The lowest BCUT2D eigenvalue weighted by molar-refractivity contribution is 0.216. The number of likely N-dealkylation sites (tertiary alicyclic amines) is 1. The number of rotatable bonds is 7. The van der Waals surface area contributed by atoms with E-state index >= 15 is 0 Å². The Kier molecular flexibility index (Phi) is 6.26. The summed E-state index contributed by atoms with van der Waals surface area (Å²) >= 11 is 1.82. The third kappa shape index (κ3) is 4.43. The smallest absolute Gasteiger partial charge is 0.185 e. The lowest BCUT2D eigenvalue weighted by Crippen LogP contribution is -2.34. The van der Waals surface area contributed by atoms with Crippen LogP contribution in [0.5, 0.6) is 0 Å². The van der Waals surface area contributed by atoms with Crippen molar-refractivity contribution >= 4 is 16.5 Å². The molecule has 0 spiro atoms. The van der Waals surface area contributed by atoms with Gasteiger partial charge in [0.2, 0.25) is 0 Å². The third-order valence-corrected chi connectivity index (χ3v) is 5.20. The molecule has 1 aliphatic rings. The summed E-state index contributed by atoms with van der Waals surface area (Å²) < 4.78 is 0. The van der Waals surface area contributed by atoms with Crippen LogP contribution in [0, 0.1) is 5.92 Å². The minimum Gasteiger partial charge on any atom is -0.349 e. The van der Waals surface area contributed by atoms with Crippen molar-refractivity contribution in [1.29, 1.82) is 0 Å². The molecule has 1 saturated heterocycles. The Balaban J connectivity index is 1.71. The number of nitrogens with one attached hydrogen (secondary N) is 1. The Morgan fingerprint density at radius 2 is 2.05 bits per heavy atom. The molecule has 0 bridgehead atoms. The third-order valence-electron chi connectivity index (χ3n) is 4.15. The van der Waals surface area contributed by atoms with Crippen molar-refractivity contribution in [2.45, 2.75) is 33.2 Å². The highest BCUT2D eigenvalue weighted by Crippen LogP contribution is 2.22. The zero-order chi connectivity index (χ0) is 14.4. The van der Waals surface area contributed by atoms with E-state index in [4.69, 9.17) is 0 Å². The molecule has 0 aliphatic carbocycles. The summed E-state index contributed by atoms with van der Waals surface area (Å²) in [6, 6.07) is 0. The lowest BCUT2D eigenvalue weighted by atomic mass is 9.97. The van der Waals surface area contributed by atoms with E-state index in [1.165, 1.54) is 30.8 Å². The first-order chi connectivity index (χ1) is 9.72. The van der Waals surface area contributed by atoms with Crippen molar-refractivity contribution in [3.05, 3.63) is 11.1 Å². The van der Waals surface area contributed by atoms with Crippen molar-refractivity contribution in [2.75, 3.05) is 44.7 Å². The topological polar surface area (TPSA) is 31.4 Å². The molecular formula is C15H28N4S. The number of anilines is 1. The molecule has 0 aromatic carbocycles. The minimum atomic E-state index is 0.848. The molecule has 1 aromatic rings. The Labute approximate surface area is 127 Å². The molecule has 1 aliphatic heterocycles. The van der Waals surface area contributed by atoms with Crippen LogP contribution in [0.4, 0.5) is 5.13 Å². The number of hydrogen-bond acceptors (Lipinski definition) is 5. The molecule has 0 atom stereocenters. The molecule has 0 unspecified atom stereocenters. The zero-order valence-corrected chi connectivity index (χ0v) is 13.9. The van der Waals surface area contributed by atoms with Gasteiger partial charge in [-0.3, -0.25) is 0 Å². The Hall–Kier alpha value is -0.650. The van der Waals surface area contributed by atoms with Crippen LogP contribution in [0.15, 0.2) is 6.20 Å². The second-order valence-corrected chi connectivity index (χ2v) is 6.75. The number of piperidine rings is 1. The van der Waals surface area contributed by atoms with Crippen molar-refractivity contribution < 1.29 is 0 Å². The molecule has 5 heteroatoms. The van der Waals surface area contributed by atoms with E-state index in [-0.39, 0.29) is 0 Å². The van der Waals surface area contributed by atoms with Gasteiger partial charge in [-0.15, -0.1) is 11.3 Å². The van der Waals surface area contributed by atoms with Gasteiger partial charge >= 0.3 is 0 Å². The second-order valence-electron chi connectivity index (χ2n) is 5.66. The Morgan fingerprint density at radius 1 is 1.35 bits per heavy atom. The van der Waals surface area contributed by atoms with Crippen molar-refractivity contribution in [1.82, 2.24) is 15.2 Å². The highest BCUT2D eigenvalue weighted by molar-refractivity contribution is 7.15. The molecule has 114 valence electrons. The van der Waals surface area contributed by atoms with Crippen LogP contribution in [0.2, 0.25) is 0 Å². The van der Waals surface area contributed by atoms with Gasteiger partial charge in [0, 0.05) is 30.7 Å². The van der Waals surface area contributed by atoms with Crippen LogP contribution in [0.3, 0.4) is 0 Å². The molecule has 1 fully saturated rings. The summed E-state index contributed by atoms with van der Waals surface area (Å²) in [6.45, 7) is 11.0. The van der Waals surface area contributed by atoms with Crippen molar-refractivity contribution in [3.8, 4) is 0 Å². The van der Waals surface area contributed by atoms with Crippen LogP contribution in [0.1, 0.15) is 31.6 Å². The van der Waals surface area contributed by atoms with E-state index in [1.54, 1.807) is 0 Å². The number of thiazole rings is 1. The first kappa shape index (κ1) is 15.7. The fourth-order valence-corrected chi connectivity index (χ4v) is 3.69. The summed E-state index contributed by atoms with van der Waals surface area (Å²) in [5.41, 5.74) is 0. The fraction of sp³-hybridized carbons (Fsp3) is 0.800. The zero-order valence-electron chi connectivity index (χ0n) is 13.1. The Morgan fingerprint density at radius 3 is 2.70 bits per heavy atom. The summed E-state index contributed by atoms with van der Waals surface area (Å²) in [6.07, 6.45) is 4.69. The van der Waals surface area contributed by atoms with E-state index in [0.717, 1.165) is 37.2 Å². The standard InChI is InChI=1S/C15H28N4S/c1-4-19(5-2)15-17-12-14(20-15)11-16-10-13-6-8-18(3)9-7-13/h12-13,16H,4-11H2,1-3H3. The number of hydrogen-bond donors (Lipinski definition) is 1. The lowest BCUT2D eigenvalue weighted by Gasteiger charge is -2.28. The molecule has 0 amide bonds. The van der Waals surface area contributed by atoms with E-state index in [0.29, 0.717) is 0 Å². The summed E-state index contributed by atoms with van der Waals surface area (Å²) in [4.78, 5) is 10.6. The quantitative estimate of drug-likeness (QED) is 0.837. The maximum Gasteiger partial charge on any atom is 0.185 e. The van der Waals surface area contributed by atoms with Gasteiger partial charge in [0.1, 0.15) is 0 Å². The van der Waals surface area contributed by atoms with Gasteiger partial charge in [0.25, 0.3) is 0 Å². The summed E-state index contributed by atoms with van der Waals surface area (Å²) in [5, 5.41) is 4.77. The maximum atomic E-state index is 4.53. The van der Waals surface area contributed by atoms with Crippen LogP contribution >= 0.6 is 11.3 Å². The van der Waals surface area contributed by atoms with Crippen LogP contribution in [0.25, 0.3) is 0 Å². The van der Waals surface area contributed by atoms with Gasteiger partial charge in [0.15, 0.2) is 5.13 Å². The first-order valence-corrected chi connectivity index (χ1v) is 8.63. The van der Waals surface area contributed by atoms with E-state index < -0.39 is 0 Å². The normalized spacial score (nSPS) is 17.6. The van der Waals surface area contributed by atoms with Gasteiger partial charge in [-0.25, -0.2) is 4.98 Å². The van der Waals surface area contributed by atoms with Crippen LogP contribution in [-0.4, -0.2) is 49.7 Å². The summed E-state index contributed by atoms with van der Waals surface area (Å²) in [5.74, 6) is 0.848. The molecule has 4 nitrogen and oxygen atoms in total.